The van der Waals surface area contributed by atoms with Crippen LogP contribution in [-0.2, 0) is 6.54 Å². The van der Waals surface area contributed by atoms with Crippen LogP contribution in [0.5, 0.6) is 0 Å². The third kappa shape index (κ3) is 4.08. The van der Waals surface area contributed by atoms with Crippen molar-refractivity contribution in [1.82, 2.24) is 15.3 Å². The second kappa shape index (κ2) is 7.39. The van der Waals surface area contributed by atoms with Crippen molar-refractivity contribution in [2.75, 3.05) is 5.32 Å². The summed E-state index contributed by atoms with van der Waals surface area (Å²) in [6.07, 6.45) is 4.44. The van der Waals surface area contributed by atoms with Crippen molar-refractivity contribution < 1.29 is 14.0 Å². The first kappa shape index (κ1) is 16.4. The van der Waals surface area contributed by atoms with Gasteiger partial charge in [-0.05, 0) is 31.2 Å². The van der Waals surface area contributed by atoms with Gasteiger partial charge >= 0.3 is 0 Å². The maximum Gasteiger partial charge on any atom is 0.275 e. The Labute approximate surface area is 144 Å². The van der Waals surface area contributed by atoms with Gasteiger partial charge in [-0.1, -0.05) is 12.1 Å². The Kier molecular flexibility index (Phi) is 4.84. The van der Waals surface area contributed by atoms with E-state index in [1.54, 1.807) is 43.3 Å². The number of carbonyl (C=O) groups excluding carboxylic acids is 2. The Morgan fingerprint density at radius 3 is 2.60 bits per heavy atom. The predicted molar refractivity (Wildman–Crippen MR) is 91.0 cm³/mol. The number of para-hydroxylation sites is 1. The second-order valence-electron chi connectivity index (χ2n) is 5.30. The van der Waals surface area contributed by atoms with Gasteiger partial charge in [-0.3, -0.25) is 14.6 Å². The van der Waals surface area contributed by atoms with E-state index in [0.29, 0.717) is 22.7 Å². The lowest BCUT2D eigenvalue weighted by Gasteiger charge is -2.10. The molecule has 2 heterocycles. The maximum absolute atomic E-state index is 12.4. The normalized spacial score (nSPS) is 10.3. The summed E-state index contributed by atoms with van der Waals surface area (Å²) in [6, 6.07) is 10.3. The SMILES string of the molecule is Cc1cnc(C(=O)Nc2ccccc2C(=O)NCc2ccco2)cn1. The molecule has 1 aromatic carbocycles. The fourth-order valence-electron chi connectivity index (χ4n) is 2.16. The molecule has 2 amide bonds. The molecule has 0 aliphatic heterocycles. The Morgan fingerprint density at radius 1 is 1.04 bits per heavy atom. The highest BCUT2D eigenvalue weighted by atomic mass is 16.3. The average molecular weight is 336 g/mol. The minimum atomic E-state index is -0.432. The lowest BCUT2D eigenvalue weighted by Crippen LogP contribution is -2.25. The van der Waals surface area contributed by atoms with Crippen molar-refractivity contribution >= 4 is 17.5 Å². The van der Waals surface area contributed by atoms with Crippen molar-refractivity contribution in [2.45, 2.75) is 13.5 Å². The van der Waals surface area contributed by atoms with Gasteiger partial charge in [0.1, 0.15) is 11.5 Å². The fourth-order valence-corrected chi connectivity index (χ4v) is 2.16. The van der Waals surface area contributed by atoms with Gasteiger partial charge in [0.2, 0.25) is 0 Å². The summed E-state index contributed by atoms with van der Waals surface area (Å²) in [4.78, 5) is 32.8. The summed E-state index contributed by atoms with van der Waals surface area (Å²) in [5.74, 6) is -0.106. The molecular formula is C18H16N4O3. The number of nitrogens with zero attached hydrogens (tertiary/aromatic N) is 2. The Balaban J connectivity index is 1.72. The molecule has 3 rings (SSSR count). The van der Waals surface area contributed by atoms with Gasteiger partial charge in [-0.25, -0.2) is 4.98 Å². The molecule has 0 unspecified atom stereocenters. The van der Waals surface area contributed by atoms with Gasteiger partial charge in [-0.2, -0.15) is 0 Å². The molecule has 0 bridgehead atoms. The first-order valence-corrected chi connectivity index (χ1v) is 7.63. The van der Waals surface area contributed by atoms with E-state index in [-0.39, 0.29) is 18.1 Å². The highest BCUT2D eigenvalue weighted by Gasteiger charge is 2.15. The molecule has 0 saturated carbocycles. The van der Waals surface area contributed by atoms with E-state index in [9.17, 15) is 9.59 Å². The number of furan rings is 1. The number of nitrogens with one attached hydrogen (secondary N) is 2. The Bertz CT molecular complexity index is 874. The molecule has 0 saturated heterocycles. The molecule has 0 spiro atoms. The highest BCUT2D eigenvalue weighted by molar-refractivity contribution is 6.08. The molecule has 0 aliphatic carbocycles. The number of carbonyl (C=O) groups is 2. The van der Waals surface area contributed by atoms with E-state index in [1.165, 1.54) is 18.7 Å². The number of hydrogen-bond donors (Lipinski definition) is 2. The molecule has 3 aromatic rings. The standard InChI is InChI=1S/C18H16N4O3/c1-12-9-20-16(11-19-12)18(24)22-15-7-3-2-6-14(15)17(23)21-10-13-5-4-8-25-13/h2-9,11H,10H2,1H3,(H,21,23)(H,22,24). The molecule has 7 heteroatoms. The Hall–Kier alpha value is -3.48. The summed E-state index contributed by atoms with van der Waals surface area (Å²) in [5.41, 5.74) is 1.64. The zero-order chi connectivity index (χ0) is 17.6. The second-order valence-corrected chi connectivity index (χ2v) is 5.30. The van der Waals surface area contributed by atoms with Gasteiger partial charge in [-0.15, -0.1) is 0 Å². The molecule has 0 fully saturated rings. The van der Waals surface area contributed by atoms with E-state index >= 15 is 0 Å². The molecule has 2 N–H and O–H groups in total. The molecule has 7 nitrogen and oxygen atoms in total. The van der Waals surface area contributed by atoms with Crippen LogP contribution < -0.4 is 10.6 Å². The van der Waals surface area contributed by atoms with E-state index in [1.807, 2.05) is 0 Å². The Morgan fingerprint density at radius 2 is 1.88 bits per heavy atom. The number of hydrogen-bond acceptors (Lipinski definition) is 5. The number of amides is 2. The molecule has 0 atom stereocenters. The van der Waals surface area contributed by atoms with Crippen molar-refractivity contribution in [3.8, 4) is 0 Å². The minimum absolute atomic E-state index is 0.177. The molecular weight excluding hydrogens is 320 g/mol. The smallest absolute Gasteiger partial charge is 0.275 e. The van der Waals surface area contributed by atoms with Crippen molar-refractivity contribution in [3.63, 3.8) is 0 Å². The molecule has 0 aliphatic rings. The third-order valence-corrected chi connectivity index (χ3v) is 3.44. The molecule has 2 aromatic heterocycles. The molecule has 25 heavy (non-hydrogen) atoms. The summed E-state index contributed by atoms with van der Waals surface area (Å²) < 4.78 is 5.18. The zero-order valence-corrected chi connectivity index (χ0v) is 13.5. The monoisotopic (exact) mass is 336 g/mol. The lowest BCUT2D eigenvalue weighted by atomic mass is 10.1. The summed E-state index contributed by atoms with van der Waals surface area (Å²) in [7, 11) is 0. The van der Waals surface area contributed by atoms with E-state index in [0.717, 1.165) is 0 Å². The number of anilines is 1. The van der Waals surface area contributed by atoms with Crippen LogP contribution in [0.2, 0.25) is 0 Å². The summed E-state index contributed by atoms with van der Waals surface area (Å²) in [5, 5.41) is 5.44. The molecule has 126 valence electrons. The number of rotatable bonds is 5. The molecule has 0 radical (unpaired) electrons. The summed E-state index contributed by atoms with van der Waals surface area (Å²) in [6.45, 7) is 2.05. The van der Waals surface area contributed by atoms with Gasteiger partial charge in [0.15, 0.2) is 0 Å². The van der Waals surface area contributed by atoms with Crippen LogP contribution in [0, 0.1) is 6.92 Å². The van der Waals surface area contributed by atoms with Crippen LogP contribution in [-0.4, -0.2) is 21.8 Å². The number of aryl methyl sites for hydroxylation is 1. The minimum Gasteiger partial charge on any atom is -0.467 e. The highest BCUT2D eigenvalue weighted by Crippen LogP contribution is 2.16. The van der Waals surface area contributed by atoms with Crippen molar-refractivity contribution in [2.24, 2.45) is 0 Å². The maximum atomic E-state index is 12.4. The predicted octanol–water partition coefficient (Wildman–Crippen LogP) is 2.56. The van der Waals surface area contributed by atoms with E-state index in [4.69, 9.17) is 4.42 Å². The van der Waals surface area contributed by atoms with Gasteiger partial charge in [0.25, 0.3) is 11.8 Å². The van der Waals surface area contributed by atoms with Gasteiger partial charge in [0.05, 0.1) is 35.9 Å². The van der Waals surface area contributed by atoms with Gasteiger partial charge in [0, 0.05) is 6.20 Å². The number of aromatic nitrogens is 2. The first-order valence-electron chi connectivity index (χ1n) is 7.63. The largest absolute Gasteiger partial charge is 0.467 e. The van der Waals surface area contributed by atoms with Crippen molar-refractivity contribution in [1.29, 1.82) is 0 Å². The third-order valence-electron chi connectivity index (χ3n) is 3.44. The van der Waals surface area contributed by atoms with Crippen LogP contribution in [0.3, 0.4) is 0 Å². The zero-order valence-electron chi connectivity index (χ0n) is 13.5. The topological polar surface area (TPSA) is 97.1 Å². The lowest BCUT2D eigenvalue weighted by molar-refractivity contribution is 0.0949. The van der Waals surface area contributed by atoms with E-state index in [2.05, 4.69) is 20.6 Å². The van der Waals surface area contributed by atoms with Gasteiger partial charge < -0.3 is 15.1 Å². The van der Waals surface area contributed by atoms with E-state index < -0.39 is 5.91 Å². The summed E-state index contributed by atoms with van der Waals surface area (Å²) >= 11 is 0. The number of benzene rings is 1. The van der Waals surface area contributed by atoms with Crippen molar-refractivity contribution in [3.05, 3.63) is 77.8 Å². The quantitative estimate of drug-likeness (QED) is 0.746. The average Bonchev–Trinajstić information content (AvgIpc) is 3.14. The van der Waals surface area contributed by atoms with Crippen LogP contribution >= 0.6 is 0 Å². The van der Waals surface area contributed by atoms with Crippen LogP contribution in [0.4, 0.5) is 5.69 Å². The van der Waals surface area contributed by atoms with Crippen LogP contribution in [0.1, 0.15) is 32.3 Å². The first-order chi connectivity index (χ1) is 12.1. The van der Waals surface area contributed by atoms with Crippen LogP contribution in [0.15, 0.2) is 59.5 Å². The van der Waals surface area contributed by atoms with Crippen LogP contribution in [0.25, 0.3) is 0 Å². The fraction of sp³-hybridized carbons (Fsp3) is 0.111.